The van der Waals surface area contributed by atoms with Gasteiger partial charge in [0, 0.05) is 12.0 Å². The van der Waals surface area contributed by atoms with Gasteiger partial charge in [-0.05, 0) is 66.6 Å². The fourth-order valence-corrected chi connectivity index (χ4v) is 4.41. The quantitative estimate of drug-likeness (QED) is 0.222. The molecule has 7 nitrogen and oxygen atoms in total. The van der Waals surface area contributed by atoms with E-state index >= 15 is 0 Å². The zero-order chi connectivity index (χ0) is 22.5. The highest BCUT2D eigenvalue weighted by Gasteiger charge is 2.48. The molecule has 0 radical (unpaired) electrons. The lowest BCUT2D eigenvalue weighted by molar-refractivity contribution is -0.196. The smallest absolute Gasteiger partial charge is 0.318 e. The molecule has 1 saturated heterocycles. The van der Waals surface area contributed by atoms with Crippen molar-refractivity contribution in [1.82, 2.24) is 0 Å². The first-order valence-electron chi connectivity index (χ1n) is 9.95. The van der Waals surface area contributed by atoms with Gasteiger partial charge in [-0.15, -0.1) is 0 Å². The van der Waals surface area contributed by atoms with E-state index in [-0.39, 0.29) is 12.4 Å². The first-order valence-corrected chi connectivity index (χ1v) is 13.8. The Labute approximate surface area is 178 Å². The Morgan fingerprint density at radius 1 is 1.14 bits per heavy atom. The van der Waals surface area contributed by atoms with E-state index in [1.165, 1.54) is 7.11 Å². The van der Waals surface area contributed by atoms with Gasteiger partial charge >= 0.3 is 11.9 Å². The van der Waals surface area contributed by atoms with Gasteiger partial charge in [-0.25, -0.2) is 0 Å². The molecule has 1 aliphatic rings. The lowest BCUT2D eigenvalue weighted by atomic mass is 9.70. The molecular weight excluding hydrogens is 411 g/mol. The van der Waals surface area contributed by atoms with E-state index < -0.39 is 37.4 Å². The molecule has 1 heterocycles. The Morgan fingerprint density at radius 2 is 1.76 bits per heavy atom. The summed E-state index contributed by atoms with van der Waals surface area (Å²) in [6.45, 7) is 13.6. The van der Waals surface area contributed by atoms with Crippen molar-refractivity contribution in [2.45, 2.75) is 79.3 Å². The number of methoxy groups -OCH3 is 1. The van der Waals surface area contributed by atoms with Crippen molar-refractivity contribution in [3.05, 3.63) is 11.5 Å². The molecule has 0 amide bonds. The van der Waals surface area contributed by atoms with E-state index in [4.69, 9.17) is 23.2 Å². The number of rotatable bonds is 9. The fourth-order valence-electron chi connectivity index (χ4n) is 3.34. The standard InChI is InChI=1S/C20H37O7PSi/c1-14(16(26-28)27-29(6,7)8)20(4,13-19(2,3)17(21)23-5)18(22)25-15-11-9-10-12-24-15/h15H,9-13,28H2,1-8H3/b16-14+. The first kappa shape index (κ1) is 25.9. The van der Waals surface area contributed by atoms with E-state index in [0.29, 0.717) is 18.6 Å². The Kier molecular flexibility index (Phi) is 9.18. The van der Waals surface area contributed by atoms with Crippen molar-refractivity contribution in [3.8, 4) is 0 Å². The Morgan fingerprint density at radius 3 is 2.21 bits per heavy atom. The van der Waals surface area contributed by atoms with Crippen molar-refractivity contribution in [2.75, 3.05) is 13.7 Å². The maximum Gasteiger partial charge on any atom is 0.318 e. The SMILES string of the molecule is COC(=O)C(C)(C)CC(C)(C(=O)OC1CCCCO1)/C(C)=C(\OP)O[Si](C)(C)C. The summed E-state index contributed by atoms with van der Waals surface area (Å²) in [4.78, 5) is 25.7. The van der Waals surface area contributed by atoms with E-state index in [2.05, 4.69) is 9.47 Å². The van der Waals surface area contributed by atoms with E-state index in [1.54, 1.807) is 27.7 Å². The predicted molar refractivity (Wildman–Crippen MR) is 116 cm³/mol. The Bertz CT molecular complexity index is 621. The number of hydrogen-bond acceptors (Lipinski definition) is 7. The molecule has 3 atom stereocenters. The number of ether oxygens (including phenoxy) is 3. The number of esters is 2. The minimum atomic E-state index is -2.01. The molecule has 0 aromatic rings. The molecule has 1 aliphatic heterocycles. The predicted octanol–water partition coefficient (Wildman–Crippen LogP) is 4.54. The van der Waals surface area contributed by atoms with Gasteiger partial charge in [0.15, 0.2) is 0 Å². The highest BCUT2D eigenvalue weighted by molar-refractivity contribution is 7.10. The summed E-state index contributed by atoms with van der Waals surface area (Å²) >= 11 is 0. The minimum absolute atomic E-state index is 0.163. The van der Waals surface area contributed by atoms with Gasteiger partial charge in [0.25, 0.3) is 5.95 Å². The minimum Gasteiger partial charge on any atom is -0.520 e. The maximum absolute atomic E-state index is 13.4. The van der Waals surface area contributed by atoms with Crippen molar-refractivity contribution in [3.63, 3.8) is 0 Å². The summed E-state index contributed by atoms with van der Waals surface area (Å²) < 4.78 is 27.7. The fraction of sp³-hybridized carbons (Fsp3) is 0.800. The summed E-state index contributed by atoms with van der Waals surface area (Å²) in [5.41, 5.74) is -1.54. The summed E-state index contributed by atoms with van der Waals surface area (Å²) in [6.07, 6.45) is 2.13. The topological polar surface area (TPSA) is 80.3 Å². The summed E-state index contributed by atoms with van der Waals surface area (Å²) in [5.74, 6) is -0.617. The van der Waals surface area contributed by atoms with Crippen LogP contribution in [0, 0.1) is 10.8 Å². The van der Waals surface area contributed by atoms with Gasteiger partial charge in [-0.2, -0.15) is 0 Å². The molecule has 3 unspecified atom stereocenters. The van der Waals surface area contributed by atoms with Crippen molar-refractivity contribution >= 4 is 29.7 Å². The second-order valence-corrected chi connectivity index (χ2v) is 14.0. The van der Waals surface area contributed by atoms with Crippen LogP contribution < -0.4 is 0 Å². The highest BCUT2D eigenvalue weighted by Crippen LogP contribution is 2.43. The van der Waals surface area contributed by atoms with Crippen LogP contribution in [0.25, 0.3) is 0 Å². The lowest BCUT2D eigenvalue weighted by Gasteiger charge is -2.37. The van der Waals surface area contributed by atoms with Gasteiger partial charge in [0.1, 0.15) is 0 Å². The van der Waals surface area contributed by atoms with Crippen LogP contribution >= 0.6 is 9.47 Å². The third-order valence-electron chi connectivity index (χ3n) is 5.00. The van der Waals surface area contributed by atoms with E-state index in [9.17, 15) is 9.59 Å². The van der Waals surface area contributed by atoms with Gasteiger partial charge in [-0.3, -0.25) is 9.59 Å². The average Bonchev–Trinajstić information content (AvgIpc) is 2.64. The summed E-state index contributed by atoms with van der Waals surface area (Å²) in [5, 5.41) is 0. The third-order valence-corrected chi connectivity index (χ3v) is 6.01. The second kappa shape index (κ2) is 10.3. The molecule has 0 aliphatic carbocycles. The van der Waals surface area contributed by atoms with Crippen LogP contribution in [0.4, 0.5) is 0 Å². The first-order chi connectivity index (χ1) is 13.3. The zero-order valence-corrected chi connectivity index (χ0v) is 21.2. The Hall–Kier alpha value is -1.11. The molecule has 1 rings (SSSR count). The van der Waals surface area contributed by atoms with Crippen LogP contribution in [-0.4, -0.2) is 40.3 Å². The van der Waals surface area contributed by atoms with E-state index in [1.807, 2.05) is 19.6 Å². The number of carbonyl (C=O) groups excluding carboxylic acids is 2. The molecule has 0 saturated carbocycles. The van der Waals surface area contributed by atoms with Crippen LogP contribution in [-0.2, 0) is 32.7 Å². The normalized spacial score (nSPS) is 20.8. The number of hydrogen-bond donors (Lipinski definition) is 0. The molecule has 168 valence electrons. The van der Waals surface area contributed by atoms with Crippen LogP contribution in [0.5, 0.6) is 0 Å². The molecule has 9 heteroatoms. The third kappa shape index (κ3) is 7.26. The van der Waals surface area contributed by atoms with Crippen molar-refractivity contribution in [2.24, 2.45) is 10.8 Å². The zero-order valence-electron chi connectivity index (χ0n) is 19.0. The van der Waals surface area contributed by atoms with Gasteiger partial charge < -0.3 is 23.2 Å². The monoisotopic (exact) mass is 448 g/mol. The largest absolute Gasteiger partial charge is 0.520 e. The molecule has 0 aromatic carbocycles. The summed E-state index contributed by atoms with van der Waals surface area (Å²) in [6, 6.07) is 0. The molecule has 29 heavy (non-hydrogen) atoms. The van der Waals surface area contributed by atoms with Gasteiger partial charge in [0.2, 0.25) is 14.6 Å². The van der Waals surface area contributed by atoms with Crippen LogP contribution in [0.15, 0.2) is 11.5 Å². The number of carbonyl (C=O) groups is 2. The van der Waals surface area contributed by atoms with Crippen LogP contribution in [0.2, 0.25) is 19.6 Å². The van der Waals surface area contributed by atoms with Crippen LogP contribution in [0.1, 0.15) is 53.4 Å². The van der Waals surface area contributed by atoms with Gasteiger partial charge in [-0.1, -0.05) is 0 Å². The maximum atomic E-state index is 13.4. The van der Waals surface area contributed by atoms with Gasteiger partial charge in [0.05, 0.1) is 34.0 Å². The highest BCUT2D eigenvalue weighted by atomic mass is 31.0. The lowest BCUT2D eigenvalue weighted by Crippen LogP contribution is -2.42. The molecule has 0 aromatic heterocycles. The van der Waals surface area contributed by atoms with Crippen molar-refractivity contribution < 1.29 is 32.7 Å². The van der Waals surface area contributed by atoms with E-state index in [0.717, 1.165) is 12.8 Å². The molecule has 1 fully saturated rings. The average molecular weight is 449 g/mol. The molecule has 0 bridgehead atoms. The second-order valence-electron chi connectivity index (χ2n) is 9.33. The molecule has 0 spiro atoms. The molecular formula is C20H37O7PSi. The summed E-state index contributed by atoms with van der Waals surface area (Å²) in [7, 11) is 1.50. The van der Waals surface area contributed by atoms with Crippen LogP contribution in [0.3, 0.4) is 0 Å². The Balaban J connectivity index is 3.34. The van der Waals surface area contributed by atoms with Crippen molar-refractivity contribution in [1.29, 1.82) is 0 Å². The molecule has 0 N–H and O–H groups in total.